The molecule has 1 saturated carbocycles. The normalized spacial score (nSPS) is 12.9. The zero-order valence-electron chi connectivity index (χ0n) is 15.2. The molecule has 3 N–H and O–H groups in total. The number of rotatable bonds is 8. The fraction of sp³-hybridized carbons (Fsp3) is 0.300. The number of nitrogens with zero attached hydrogens (tertiary/aromatic N) is 1. The van der Waals surface area contributed by atoms with E-state index in [-0.39, 0.29) is 23.6 Å². The Hall–Kier alpha value is -3.29. The molecule has 3 amide bonds. The molecular formula is C20H21FN4O3. The van der Waals surface area contributed by atoms with Crippen LogP contribution in [0.4, 0.5) is 10.2 Å². The highest BCUT2D eigenvalue weighted by molar-refractivity contribution is 5.97. The number of nitrogens with one attached hydrogen (secondary N) is 3. The molecule has 1 fully saturated rings. The van der Waals surface area contributed by atoms with Gasteiger partial charge in [0.2, 0.25) is 5.91 Å². The van der Waals surface area contributed by atoms with Crippen molar-refractivity contribution in [3.8, 4) is 0 Å². The van der Waals surface area contributed by atoms with Crippen LogP contribution >= 0.6 is 0 Å². The molecule has 2 aromatic rings. The highest BCUT2D eigenvalue weighted by Crippen LogP contribution is 2.29. The number of benzene rings is 1. The second-order valence-electron chi connectivity index (χ2n) is 6.57. The average Bonchev–Trinajstić information content (AvgIpc) is 3.53. The molecule has 0 aliphatic heterocycles. The van der Waals surface area contributed by atoms with E-state index in [9.17, 15) is 18.8 Å². The van der Waals surface area contributed by atoms with Gasteiger partial charge in [0.1, 0.15) is 11.6 Å². The van der Waals surface area contributed by atoms with E-state index in [0.717, 1.165) is 12.8 Å². The van der Waals surface area contributed by atoms with Crippen LogP contribution in [0.5, 0.6) is 0 Å². The van der Waals surface area contributed by atoms with Crippen LogP contribution in [0.25, 0.3) is 0 Å². The van der Waals surface area contributed by atoms with Gasteiger partial charge in [-0.3, -0.25) is 14.4 Å². The number of carbonyl (C=O) groups is 3. The van der Waals surface area contributed by atoms with Crippen molar-refractivity contribution in [3.05, 3.63) is 59.5 Å². The van der Waals surface area contributed by atoms with E-state index in [4.69, 9.17) is 0 Å². The maximum Gasteiger partial charge on any atom is 0.251 e. The SMILES string of the molecule is O=C(NCCCNC(=O)c1ccnc(NC(=O)C2CC2)c1)c1ccc(F)cc1. The lowest BCUT2D eigenvalue weighted by molar-refractivity contribution is -0.117. The molecule has 7 nitrogen and oxygen atoms in total. The molecule has 3 rings (SSSR count). The van der Waals surface area contributed by atoms with E-state index in [1.165, 1.54) is 36.5 Å². The Kier molecular flexibility index (Phi) is 6.31. The highest BCUT2D eigenvalue weighted by atomic mass is 19.1. The van der Waals surface area contributed by atoms with Crippen LogP contribution in [0.2, 0.25) is 0 Å². The zero-order valence-corrected chi connectivity index (χ0v) is 15.2. The van der Waals surface area contributed by atoms with Crippen LogP contribution in [0.15, 0.2) is 42.6 Å². The summed E-state index contributed by atoms with van der Waals surface area (Å²) in [6.07, 6.45) is 3.79. The van der Waals surface area contributed by atoms with Crippen molar-refractivity contribution in [2.24, 2.45) is 5.92 Å². The largest absolute Gasteiger partial charge is 0.352 e. The van der Waals surface area contributed by atoms with E-state index in [2.05, 4.69) is 20.9 Å². The molecule has 1 aliphatic carbocycles. The van der Waals surface area contributed by atoms with Gasteiger partial charge in [0.05, 0.1) is 0 Å². The lowest BCUT2D eigenvalue weighted by Gasteiger charge is -2.08. The van der Waals surface area contributed by atoms with E-state index < -0.39 is 5.82 Å². The van der Waals surface area contributed by atoms with Crippen LogP contribution in [0.3, 0.4) is 0 Å². The molecule has 1 aromatic carbocycles. The van der Waals surface area contributed by atoms with Crippen LogP contribution < -0.4 is 16.0 Å². The summed E-state index contributed by atoms with van der Waals surface area (Å²) in [7, 11) is 0. The van der Waals surface area contributed by atoms with Crippen molar-refractivity contribution in [2.75, 3.05) is 18.4 Å². The molecule has 0 bridgehead atoms. The summed E-state index contributed by atoms with van der Waals surface area (Å²) in [5, 5.41) is 8.17. The highest BCUT2D eigenvalue weighted by Gasteiger charge is 2.29. The molecular weight excluding hydrogens is 363 g/mol. The predicted molar refractivity (Wildman–Crippen MR) is 101 cm³/mol. The fourth-order valence-corrected chi connectivity index (χ4v) is 2.51. The first-order chi connectivity index (χ1) is 13.5. The molecule has 0 unspecified atom stereocenters. The Bertz CT molecular complexity index is 866. The van der Waals surface area contributed by atoms with Gasteiger partial charge in [-0.1, -0.05) is 0 Å². The molecule has 0 radical (unpaired) electrons. The van der Waals surface area contributed by atoms with Crippen molar-refractivity contribution >= 4 is 23.5 Å². The van der Waals surface area contributed by atoms with Gasteiger partial charge in [0, 0.05) is 36.3 Å². The quantitative estimate of drug-likeness (QED) is 0.607. The summed E-state index contributed by atoms with van der Waals surface area (Å²) in [4.78, 5) is 39.9. The maximum absolute atomic E-state index is 12.8. The molecule has 1 aromatic heterocycles. The molecule has 0 saturated heterocycles. The van der Waals surface area contributed by atoms with Crippen molar-refractivity contribution < 1.29 is 18.8 Å². The average molecular weight is 384 g/mol. The van der Waals surface area contributed by atoms with Crippen molar-refractivity contribution in [3.63, 3.8) is 0 Å². The summed E-state index contributed by atoms with van der Waals surface area (Å²) >= 11 is 0. The van der Waals surface area contributed by atoms with Gasteiger partial charge in [-0.25, -0.2) is 9.37 Å². The third-order valence-corrected chi connectivity index (χ3v) is 4.25. The predicted octanol–water partition coefficient (Wildman–Crippen LogP) is 2.12. The summed E-state index contributed by atoms with van der Waals surface area (Å²) in [5.74, 6) is -0.626. The number of carbonyl (C=O) groups excluding carboxylic acids is 3. The standard InChI is InChI=1S/C20H21FN4O3/c21-16-6-4-13(5-7-16)18(26)23-9-1-10-24-19(27)15-8-11-22-17(12-15)25-20(28)14-2-3-14/h4-8,11-12,14H,1-3,9-10H2,(H,23,26)(H,24,27)(H,22,25,28). The van der Waals surface area contributed by atoms with Gasteiger partial charge in [-0.05, 0) is 55.7 Å². The Labute approximate surface area is 161 Å². The first-order valence-electron chi connectivity index (χ1n) is 9.12. The first kappa shape index (κ1) is 19.5. The molecule has 1 heterocycles. The molecule has 8 heteroatoms. The third kappa shape index (κ3) is 5.60. The van der Waals surface area contributed by atoms with E-state index in [1.54, 1.807) is 6.07 Å². The van der Waals surface area contributed by atoms with E-state index in [1.807, 2.05) is 0 Å². The lowest BCUT2D eigenvalue weighted by atomic mass is 10.2. The first-order valence-corrected chi connectivity index (χ1v) is 9.12. The van der Waals surface area contributed by atoms with Gasteiger partial charge in [0.15, 0.2) is 0 Å². The maximum atomic E-state index is 12.8. The van der Waals surface area contributed by atoms with Crippen molar-refractivity contribution in [1.29, 1.82) is 0 Å². The van der Waals surface area contributed by atoms with Crippen LogP contribution in [0, 0.1) is 11.7 Å². The third-order valence-electron chi connectivity index (χ3n) is 4.25. The van der Waals surface area contributed by atoms with Gasteiger partial charge in [-0.2, -0.15) is 0 Å². The minimum atomic E-state index is -0.398. The Balaban J connectivity index is 1.38. The molecule has 0 spiro atoms. The number of halogens is 1. The Morgan fingerprint density at radius 2 is 1.61 bits per heavy atom. The summed E-state index contributed by atoms with van der Waals surface area (Å²) < 4.78 is 12.8. The fourth-order valence-electron chi connectivity index (χ4n) is 2.51. The number of anilines is 1. The summed E-state index contributed by atoms with van der Waals surface area (Å²) in [6, 6.07) is 8.38. The van der Waals surface area contributed by atoms with Crippen LogP contribution in [-0.2, 0) is 4.79 Å². The number of hydrogen-bond donors (Lipinski definition) is 3. The Morgan fingerprint density at radius 3 is 2.25 bits per heavy atom. The van der Waals surface area contributed by atoms with E-state index >= 15 is 0 Å². The minimum absolute atomic E-state index is 0.0596. The lowest BCUT2D eigenvalue weighted by Crippen LogP contribution is -2.30. The smallest absolute Gasteiger partial charge is 0.251 e. The van der Waals surface area contributed by atoms with Crippen molar-refractivity contribution in [2.45, 2.75) is 19.3 Å². The monoisotopic (exact) mass is 384 g/mol. The summed E-state index contributed by atoms with van der Waals surface area (Å²) in [6.45, 7) is 0.740. The minimum Gasteiger partial charge on any atom is -0.352 e. The van der Waals surface area contributed by atoms with Crippen molar-refractivity contribution in [1.82, 2.24) is 15.6 Å². The van der Waals surface area contributed by atoms with Gasteiger partial charge in [-0.15, -0.1) is 0 Å². The molecule has 146 valence electrons. The van der Waals surface area contributed by atoms with Crippen LogP contribution in [0.1, 0.15) is 40.0 Å². The summed E-state index contributed by atoms with van der Waals surface area (Å²) in [5.41, 5.74) is 0.777. The second kappa shape index (κ2) is 9.07. The Morgan fingerprint density at radius 1 is 0.964 bits per heavy atom. The van der Waals surface area contributed by atoms with Crippen LogP contribution in [-0.4, -0.2) is 35.8 Å². The van der Waals surface area contributed by atoms with Gasteiger partial charge < -0.3 is 16.0 Å². The number of amides is 3. The van der Waals surface area contributed by atoms with Gasteiger partial charge >= 0.3 is 0 Å². The number of pyridine rings is 1. The van der Waals surface area contributed by atoms with Gasteiger partial charge in [0.25, 0.3) is 11.8 Å². The second-order valence-corrected chi connectivity index (χ2v) is 6.57. The molecule has 28 heavy (non-hydrogen) atoms. The molecule has 1 aliphatic rings. The number of hydrogen-bond acceptors (Lipinski definition) is 4. The topological polar surface area (TPSA) is 100 Å². The zero-order chi connectivity index (χ0) is 19.9. The number of aromatic nitrogens is 1. The molecule has 0 atom stereocenters. The van der Waals surface area contributed by atoms with E-state index in [0.29, 0.717) is 36.5 Å².